The SMILES string of the molecule is CCN(CC=CCS)c1ccc(F)cc1. The molecule has 0 atom stereocenters. The Labute approximate surface area is 96.0 Å². The van der Waals surface area contributed by atoms with Crippen LogP contribution >= 0.6 is 12.6 Å². The van der Waals surface area contributed by atoms with Gasteiger partial charge in [-0.1, -0.05) is 12.2 Å². The maximum Gasteiger partial charge on any atom is 0.123 e. The first-order valence-electron chi connectivity index (χ1n) is 5.04. The van der Waals surface area contributed by atoms with Crippen LogP contribution in [0.3, 0.4) is 0 Å². The summed E-state index contributed by atoms with van der Waals surface area (Å²) in [4.78, 5) is 2.17. The molecule has 0 spiro atoms. The van der Waals surface area contributed by atoms with Gasteiger partial charge in [-0.25, -0.2) is 4.39 Å². The average molecular weight is 225 g/mol. The summed E-state index contributed by atoms with van der Waals surface area (Å²) in [6.45, 7) is 3.82. The number of thiol groups is 1. The van der Waals surface area contributed by atoms with E-state index in [1.54, 1.807) is 12.1 Å². The summed E-state index contributed by atoms with van der Waals surface area (Å²) in [7, 11) is 0. The number of rotatable bonds is 5. The van der Waals surface area contributed by atoms with Crippen LogP contribution < -0.4 is 4.90 Å². The molecule has 0 fully saturated rings. The molecule has 0 amide bonds. The Bertz CT molecular complexity index is 308. The molecule has 0 aliphatic heterocycles. The van der Waals surface area contributed by atoms with E-state index in [1.807, 2.05) is 6.08 Å². The highest BCUT2D eigenvalue weighted by molar-refractivity contribution is 7.80. The van der Waals surface area contributed by atoms with E-state index in [1.165, 1.54) is 12.1 Å². The van der Waals surface area contributed by atoms with Gasteiger partial charge >= 0.3 is 0 Å². The van der Waals surface area contributed by atoms with Crippen LogP contribution in [0, 0.1) is 5.82 Å². The molecule has 82 valence electrons. The van der Waals surface area contributed by atoms with Crippen molar-refractivity contribution in [3.8, 4) is 0 Å². The zero-order valence-corrected chi connectivity index (χ0v) is 9.75. The topological polar surface area (TPSA) is 3.24 Å². The summed E-state index contributed by atoms with van der Waals surface area (Å²) in [5, 5.41) is 0. The molecule has 1 nitrogen and oxygen atoms in total. The van der Waals surface area contributed by atoms with Gasteiger partial charge in [0.25, 0.3) is 0 Å². The Morgan fingerprint density at radius 2 is 1.93 bits per heavy atom. The highest BCUT2D eigenvalue weighted by atomic mass is 32.1. The van der Waals surface area contributed by atoms with Gasteiger partial charge in [0, 0.05) is 24.5 Å². The van der Waals surface area contributed by atoms with E-state index in [-0.39, 0.29) is 5.82 Å². The van der Waals surface area contributed by atoms with Gasteiger partial charge in [0.05, 0.1) is 0 Å². The van der Waals surface area contributed by atoms with Crippen LogP contribution in [0.25, 0.3) is 0 Å². The molecule has 1 rings (SSSR count). The van der Waals surface area contributed by atoms with E-state index >= 15 is 0 Å². The fourth-order valence-corrected chi connectivity index (χ4v) is 1.49. The third-order valence-corrected chi connectivity index (χ3v) is 2.38. The van der Waals surface area contributed by atoms with E-state index in [0.29, 0.717) is 0 Å². The van der Waals surface area contributed by atoms with E-state index in [0.717, 1.165) is 24.5 Å². The van der Waals surface area contributed by atoms with Gasteiger partial charge < -0.3 is 4.90 Å². The number of anilines is 1. The van der Waals surface area contributed by atoms with Gasteiger partial charge in [0.2, 0.25) is 0 Å². The molecule has 0 radical (unpaired) electrons. The largest absolute Gasteiger partial charge is 0.368 e. The molecule has 0 bridgehead atoms. The van der Waals surface area contributed by atoms with Crippen LogP contribution in [0.4, 0.5) is 10.1 Å². The lowest BCUT2D eigenvalue weighted by Gasteiger charge is -2.21. The lowest BCUT2D eigenvalue weighted by atomic mass is 10.2. The number of hydrogen-bond donors (Lipinski definition) is 1. The first-order valence-corrected chi connectivity index (χ1v) is 5.67. The maximum absolute atomic E-state index is 12.7. The number of halogens is 1. The molecule has 0 aliphatic carbocycles. The fourth-order valence-electron chi connectivity index (χ4n) is 1.35. The van der Waals surface area contributed by atoms with Crippen LogP contribution in [0.2, 0.25) is 0 Å². The summed E-state index contributed by atoms with van der Waals surface area (Å²) >= 11 is 4.10. The Morgan fingerprint density at radius 1 is 1.27 bits per heavy atom. The molecule has 0 saturated heterocycles. The number of likely N-dealkylation sites (N-methyl/N-ethyl adjacent to an activating group) is 1. The van der Waals surface area contributed by atoms with E-state index < -0.39 is 0 Å². The van der Waals surface area contributed by atoms with Crippen molar-refractivity contribution in [2.24, 2.45) is 0 Å². The number of hydrogen-bond acceptors (Lipinski definition) is 2. The molecule has 0 N–H and O–H groups in total. The molecule has 3 heteroatoms. The Morgan fingerprint density at radius 3 is 2.47 bits per heavy atom. The molecule has 0 aliphatic rings. The van der Waals surface area contributed by atoms with E-state index in [2.05, 4.69) is 30.5 Å². The summed E-state index contributed by atoms with van der Waals surface area (Å²) in [5.41, 5.74) is 1.04. The highest BCUT2D eigenvalue weighted by Gasteiger charge is 2.01. The van der Waals surface area contributed by atoms with Gasteiger partial charge in [0.15, 0.2) is 0 Å². The van der Waals surface area contributed by atoms with Crippen LogP contribution in [0.15, 0.2) is 36.4 Å². The second kappa shape index (κ2) is 6.51. The molecule has 0 heterocycles. The molecule has 0 unspecified atom stereocenters. The van der Waals surface area contributed by atoms with Gasteiger partial charge in [-0.15, -0.1) is 0 Å². The van der Waals surface area contributed by atoms with Crippen molar-refractivity contribution in [1.82, 2.24) is 0 Å². The Hall–Kier alpha value is -0.960. The predicted molar refractivity (Wildman–Crippen MR) is 67.3 cm³/mol. The van der Waals surface area contributed by atoms with E-state index in [4.69, 9.17) is 0 Å². The summed E-state index contributed by atoms with van der Waals surface area (Å²) in [5.74, 6) is 0.557. The minimum atomic E-state index is -0.194. The molecular formula is C12H16FNS. The predicted octanol–water partition coefficient (Wildman–Crippen LogP) is 3.14. The first-order chi connectivity index (χ1) is 7.27. The monoisotopic (exact) mass is 225 g/mol. The average Bonchev–Trinajstić information content (AvgIpc) is 2.26. The van der Waals surface area contributed by atoms with Crippen molar-refractivity contribution in [2.45, 2.75) is 6.92 Å². The lowest BCUT2D eigenvalue weighted by Crippen LogP contribution is -2.22. The maximum atomic E-state index is 12.7. The second-order valence-corrected chi connectivity index (χ2v) is 3.53. The quantitative estimate of drug-likeness (QED) is 0.595. The van der Waals surface area contributed by atoms with Crippen molar-refractivity contribution < 1.29 is 4.39 Å². The van der Waals surface area contributed by atoms with Gasteiger partial charge in [-0.05, 0) is 31.2 Å². The van der Waals surface area contributed by atoms with Crippen molar-refractivity contribution in [3.63, 3.8) is 0 Å². The van der Waals surface area contributed by atoms with Crippen LogP contribution in [-0.4, -0.2) is 18.8 Å². The van der Waals surface area contributed by atoms with Crippen molar-refractivity contribution in [3.05, 3.63) is 42.2 Å². The standard InChI is InChI=1S/C12H16FNS/c1-2-14(9-3-4-10-15)12-7-5-11(13)6-8-12/h3-8,15H,2,9-10H2,1H3. The van der Waals surface area contributed by atoms with Crippen LogP contribution in [0.1, 0.15) is 6.92 Å². The lowest BCUT2D eigenvalue weighted by molar-refractivity contribution is 0.627. The smallest absolute Gasteiger partial charge is 0.123 e. The molecule has 1 aromatic rings. The molecule has 15 heavy (non-hydrogen) atoms. The normalized spacial score (nSPS) is 10.9. The molecule has 0 saturated carbocycles. The third-order valence-electron chi connectivity index (χ3n) is 2.17. The molecular weight excluding hydrogens is 209 g/mol. The van der Waals surface area contributed by atoms with Crippen molar-refractivity contribution >= 4 is 18.3 Å². The molecule has 0 aromatic heterocycles. The third kappa shape index (κ3) is 3.96. The summed E-state index contributed by atoms with van der Waals surface area (Å²) in [6.07, 6.45) is 4.08. The number of nitrogens with zero attached hydrogens (tertiary/aromatic N) is 1. The molecule has 1 aromatic carbocycles. The summed E-state index contributed by atoms with van der Waals surface area (Å²) in [6, 6.07) is 6.57. The van der Waals surface area contributed by atoms with Crippen LogP contribution in [0.5, 0.6) is 0 Å². The minimum Gasteiger partial charge on any atom is -0.368 e. The summed E-state index contributed by atoms with van der Waals surface area (Å²) < 4.78 is 12.7. The minimum absolute atomic E-state index is 0.194. The highest BCUT2D eigenvalue weighted by Crippen LogP contribution is 2.14. The Balaban J connectivity index is 2.65. The fraction of sp³-hybridized carbons (Fsp3) is 0.333. The van der Waals surface area contributed by atoms with Gasteiger partial charge in [-0.3, -0.25) is 0 Å². The first kappa shape index (κ1) is 12.1. The van der Waals surface area contributed by atoms with Crippen LogP contribution in [-0.2, 0) is 0 Å². The second-order valence-electron chi connectivity index (χ2n) is 3.17. The van der Waals surface area contributed by atoms with Gasteiger partial charge in [-0.2, -0.15) is 12.6 Å². The zero-order chi connectivity index (χ0) is 11.1. The zero-order valence-electron chi connectivity index (χ0n) is 8.86. The van der Waals surface area contributed by atoms with Crippen molar-refractivity contribution in [2.75, 3.05) is 23.7 Å². The number of benzene rings is 1. The van der Waals surface area contributed by atoms with Crippen molar-refractivity contribution in [1.29, 1.82) is 0 Å². The van der Waals surface area contributed by atoms with Gasteiger partial charge in [0.1, 0.15) is 5.82 Å². The van der Waals surface area contributed by atoms with E-state index in [9.17, 15) is 4.39 Å². The Kier molecular flexibility index (Phi) is 5.26.